The summed E-state index contributed by atoms with van der Waals surface area (Å²) in [5.74, 6) is 0.554. The van der Waals surface area contributed by atoms with Crippen LogP contribution in [0.25, 0.3) is 0 Å². The van der Waals surface area contributed by atoms with Crippen LogP contribution in [0.15, 0.2) is 41.2 Å². The van der Waals surface area contributed by atoms with Crippen LogP contribution in [-0.4, -0.2) is 19.8 Å². The smallest absolute Gasteiger partial charge is 0.497 e. The van der Waals surface area contributed by atoms with Crippen LogP contribution < -0.4 is 4.74 Å². The van der Waals surface area contributed by atoms with E-state index in [1.807, 2.05) is 0 Å². The van der Waals surface area contributed by atoms with Gasteiger partial charge in [-0.25, -0.2) is 0 Å². The van der Waals surface area contributed by atoms with Crippen LogP contribution in [0.4, 0.5) is 12.9 Å². The lowest BCUT2D eigenvalue weighted by atomic mass is 9.82. The van der Waals surface area contributed by atoms with Crippen molar-refractivity contribution < 1.29 is 17.7 Å². The Hall–Kier alpha value is -1.04. The van der Waals surface area contributed by atoms with Crippen molar-refractivity contribution >= 4 is 18.7 Å². The Labute approximate surface area is 96.7 Å². The van der Waals surface area contributed by atoms with E-state index in [0.717, 1.165) is 16.7 Å². The highest BCUT2D eigenvalue weighted by Gasteiger charge is 2.26. The third kappa shape index (κ3) is 3.85. The fourth-order valence-corrected chi connectivity index (χ4v) is 1.81. The van der Waals surface area contributed by atoms with Gasteiger partial charge in [-0.1, -0.05) is 0 Å². The number of ether oxygens (including phenoxy) is 1. The average Bonchev–Trinajstić information content (AvgIpc) is 2.25. The molecule has 1 nitrogen and oxygen atoms in total. The lowest BCUT2D eigenvalue weighted by molar-refractivity contribution is 0.414. The zero-order chi connectivity index (χ0) is 12.2. The lowest BCUT2D eigenvalue weighted by Crippen LogP contribution is -2.20. The van der Waals surface area contributed by atoms with Gasteiger partial charge in [0.1, 0.15) is 5.75 Å². The summed E-state index contributed by atoms with van der Waals surface area (Å²) in [6.45, 7) is -1.89. The molecule has 0 bridgehead atoms. The van der Waals surface area contributed by atoms with Crippen LogP contribution in [0.3, 0.4) is 0 Å². The predicted molar refractivity (Wildman–Crippen MR) is 61.9 cm³/mol. The fraction of sp³-hybridized carbons (Fsp3) is 0.200. The average molecular weight is 247 g/mol. The molecule has 0 amide bonds. The minimum atomic E-state index is -4.92. The SMILES string of the molecule is C=C(CSc1ccc(OC)cc1)[B-](F)(F)F. The number of halogens is 3. The number of hydrogen-bond acceptors (Lipinski definition) is 2. The molecule has 0 aliphatic carbocycles. The van der Waals surface area contributed by atoms with Gasteiger partial charge in [0.2, 0.25) is 0 Å². The molecule has 0 saturated carbocycles. The van der Waals surface area contributed by atoms with Crippen LogP contribution in [0, 0.1) is 0 Å². The molecule has 0 N–H and O–H groups in total. The summed E-state index contributed by atoms with van der Waals surface area (Å²) >= 11 is 1.12. The molecule has 6 heteroatoms. The first-order chi connectivity index (χ1) is 7.43. The first kappa shape index (κ1) is 13.0. The van der Waals surface area contributed by atoms with Gasteiger partial charge in [-0.3, -0.25) is 0 Å². The van der Waals surface area contributed by atoms with E-state index < -0.39 is 12.4 Å². The molecule has 0 aromatic heterocycles. The van der Waals surface area contributed by atoms with Crippen LogP contribution in [-0.2, 0) is 0 Å². The Balaban J connectivity index is 2.52. The van der Waals surface area contributed by atoms with Gasteiger partial charge < -0.3 is 17.7 Å². The standard InChI is InChI=1S/C10H11BF3OS/c1-8(11(12,13)14)7-16-10-5-3-9(15-2)4-6-10/h3-6H,1,7H2,2H3/q-1. The Morgan fingerprint density at radius 1 is 1.31 bits per heavy atom. The summed E-state index contributed by atoms with van der Waals surface area (Å²) in [6, 6.07) is 6.87. The number of thioether (sulfide) groups is 1. The Morgan fingerprint density at radius 3 is 2.31 bits per heavy atom. The molecule has 0 aliphatic rings. The van der Waals surface area contributed by atoms with Gasteiger partial charge in [-0.15, -0.1) is 23.8 Å². The quantitative estimate of drug-likeness (QED) is 0.579. The topological polar surface area (TPSA) is 9.23 Å². The second-order valence-electron chi connectivity index (χ2n) is 3.20. The number of rotatable bonds is 5. The van der Waals surface area contributed by atoms with Gasteiger partial charge in [-0.2, -0.15) is 0 Å². The molecule has 16 heavy (non-hydrogen) atoms. The molecule has 1 aromatic rings. The Kier molecular flexibility index (Phi) is 4.35. The first-order valence-corrected chi connectivity index (χ1v) is 5.56. The molecule has 1 rings (SSSR count). The van der Waals surface area contributed by atoms with Gasteiger partial charge in [0.05, 0.1) is 7.11 Å². The van der Waals surface area contributed by atoms with Crippen molar-refractivity contribution in [3.05, 3.63) is 36.3 Å². The third-order valence-corrected chi connectivity index (χ3v) is 3.07. The summed E-state index contributed by atoms with van der Waals surface area (Å²) in [4.78, 5) is 0.766. The minimum absolute atomic E-state index is 0.129. The van der Waals surface area contributed by atoms with E-state index >= 15 is 0 Å². The van der Waals surface area contributed by atoms with E-state index in [0.29, 0.717) is 5.75 Å². The number of benzene rings is 1. The molecule has 0 spiro atoms. The zero-order valence-corrected chi connectivity index (χ0v) is 9.57. The Bertz CT molecular complexity index is 361. The summed E-state index contributed by atoms with van der Waals surface area (Å²) < 4.78 is 41.5. The van der Waals surface area contributed by atoms with E-state index in [2.05, 4.69) is 6.58 Å². The van der Waals surface area contributed by atoms with Gasteiger partial charge in [0, 0.05) is 4.90 Å². The highest BCUT2D eigenvalue weighted by atomic mass is 32.2. The third-order valence-electron chi connectivity index (χ3n) is 1.95. The number of methoxy groups -OCH3 is 1. The maximum absolute atomic E-state index is 12.2. The maximum atomic E-state index is 12.2. The largest absolute Gasteiger partial charge is 0.505 e. The van der Waals surface area contributed by atoms with Crippen LogP contribution >= 0.6 is 11.8 Å². The minimum Gasteiger partial charge on any atom is -0.497 e. The highest BCUT2D eigenvalue weighted by molar-refractivity contribution is 7.99. The van der Waals surface area contributed by atoms with Crippen LogP contribution in [0.1, 0.15) is 0 Å². The normalized spacial score (nSPS) is 11.2. The first-order valence-electron chi connectivity index (χ1n) is 4.58. The molecule has 0 saturated heterocycles. The molecular formula is C10H11BF3OS-. The molecule has 1 aromatic carbocycles. The second-order valence-corrected chi connectivity index (χ2v) is 4.25. The van der Waals surface area contributed by atoms with E-state index in [9.17, 15) is 12.9 Å². The van der Waals surface area contributed by atoms with Crippen molar-refractivity contribution in [3.63, 3.8) is 0 Å². The van der Waals surface area contributed by atoms with Gasteiger partial charge in [0.15, 0.2) is 0 Å². The highest BCUT2D eigenvalue weighted by Crippen LogP contribution is 2.27. The molecule has 0 heterocycles. The lowest BCUT2D eigenvalue weighted by Gasteiger charge is -2.17. The van der Waals surface area contributed by atoms with Gasteiger partial charge in [-0.05, 0) is 30.0 Å². The van der Waals surface area contributed by atoms with Crippen molar-refractivity contribution in [2.75, 3.05) is 12.9 Å². The molecule has 88 valence electrons. The van der Waals surface area contributed by atoms with E-state index in [-0.39, 0.29) is 5.75 Å². The number of hydrogen-bond donors (Lipinski definition) is 0. The van der Waals surface area contributed by atoms with Crippen LogP contribution in [0.2, 0.25) is 0 Å². The molecule has 0 radical (unpaired) electrons. The molecule has 0 aliphatic heterocycles. The van der Waals surface area contributed by atoms with Gasteiger partial charge in [0.25, 0.3) is 0 Å². The fourth-order valence-electron chi connectivity index (χ4n) is 0.942. The van der Waals surface area contributed by atoms with Crippen molar-refractivity contribution in [3.8, 4) is 5.75 Å². The van der Waals surface area contributed by atoms with Crippen LogP contribution in [0.5, 0.6) is 5.75 Å². The monoisotopic (exact) mass is 247 g/mol. The van der Waals surface area contributed by atoms with Crippen molar-refractivity contribution in [2.45, 2.75) is 4.90 Å². The van der Waals surface area contributed by atoms with Crippen molar-refractivity contribution in [2.24, 2.45) is 0 Å². The molecule has 0 fully saturated rings. The summed E-state index contributed by atoms with van der Waals surface area (Å²) in [5, 5.41) is 0. The molecular weight excluding hydrogens is 236 g/mol. The summed E-state index contributed by atoms with van der Waals surface area (Å²) in [6.07, 6.45) is 0. The van der Waals surface area contributed by atoms with E-state index in [1.54, 1.807) is 24.3 Å². The van der Waals surface area contributed by atoms with Crippen molar-refractivity contribution in [1.29, 1.82) is 0 Å². The summed E-state index contributed by atoms with van der Waals surface area (Å²) in [7, 11) is 1.54. The van der Waals surface area contributed by atoms with E-state index in [1.165, 1.54) is 7.11 Å². The maximum Gasteiger partial charge on any atom is 0.505 e. The van der Waals surface area contributed by atoms with Gasteiger partial charge >= 0.3 is 6.98 Å². The predicted octanol–water partition coefficient (Wildman–Crippen LogP) is 3.73. The van der Waals surface area contributed by atoms with Crippen molar-refractivity contribution in [1.82, 2.24) is 0 Å². The Morgan fingerprint density at radius 2 is 1.88 bits per heavy atom. The summed E-state index contributed by atoms with van der Waals surface area (Å²) in [5.41, 5.74) is -0.666. The van der Waals surface area contributed by atoms with E-state index in [4.69, 9.17) is 4.74 Å². The molecule has 0 atom stereocenters. The second kappa shape index (κ2) is 5.34. The molecule has 0 unspecified atom stereocenters. The zero-order valence-electron chi connectivity index (χ0n) is 8.75.